The van der Waals surface area contributed by atoms with Crippen LogP contribution < -0.4 is 4.72 Å². The Morgan fingerprint density at radius 2 is 2.11 bits per heavy atom. The number of aliphatic hydroxyl groups is 1. The van der Waals surface area contributed by atoms with Gasteiger partial charge in [-0.25, -0.2) is 17.5 Å². The lowest BCUT2D eigenvalue weighted by atomic mass is 10.2. The molecule has 0 aliphatic heterocycles. The summed E-state index contributed by atoms with van der Waals surface area (Å²) in [5, 5.41) is 8.73. The maximum absolute atomic E-state index is 13.4. The minimum atomic E-state index is -3.80. The van der Waals surface area contributed by atoms with Crippen LogP contribution in [-0.4, -0.2) is 19.6 Å². The van der Waals surface area contributed by atoms with Crippen molar-refractivity contribution in [2.75, 3.05) is 0 Å². The molecule has 0 bridgehead atoms. The van der Waals surface area contributed by atoms with Gasteiger partial charge in [-0.1, -0.05) is 18.5 Å². The van der Waals surface area contributed by atoms with Crippen molar-refractivity contribution in [2.24, 2.45) is 0 Å². The molecule has 102 valence electrons. The molecule has 0 saturated heterocycles. The first kappa shape index (κ1) is 15.4. The molecule has 0 fully saturated rings. The van der Waals surface area contributed by atoms with Crippen LogP contribution in [0.25, 0.3) is 0 Å². The van der Waals surface area contributed by atoms with Crippen LogP contribution in [0.1, 0.15) is 25.8 Å². The van der Waals surface area contributed by atoms with Crippen molar-refractivity contribution in [3.05, 3.63) is 28.5 Å². The molecule has 7 heteroatoms. The van der Waals surface area contributed by atoms with Gasteiger partial charge >= 0.3 is 0 Å². The Hall–Kier alpha value is -0.690. The van der Waals surface area contributed by atoms with Gasteiger partial charge in [0.2, 0.25) is 10.0 Å². The van der Waals surface area contributed by atoms with Crippen molar-refractivity contribution >= 4 is 21.6 Å². The van der Waals surface area contributed by atoms with E-state index < -0.39 is 22.4 Å². The molecule has 0 aliphatic carbocycles. The fourth-order valence-corrected chi connectivity index (χ4v) is 2.86. The molecule has 4 nitrogen and oxygen atoms in total. The lowest BCUT2D eigenvalue weighted by Crippen LogP contribution is -2.32. The van der Waals surface area contributed by atoms with Crippen LogP contribution in [0.5, 0.6) is 0 Å². The highest BCUT2D eigenvalue weighted by Gasteiger charge is 2.20. The monoisotopic (exact) mass is 295 g/mol. The van der Waals surface area contributed by atoms with Crippen molar-refractivity contribution in [3.63, 3.8) is 0 Å². The van der Waals surface area contributed by atoms with E-state index in [-0.39, 0.29) is 21.5 Å². The minimum absolute atomic E-state index is 0.0428. The molecule has 0 radical (unpaired) electrons. The summed E-state index contributed by atoms with van der Waals surface area (Å²) >= 11 is 5.60. The number of benzene rings is 1. The zero-order chi connectivity index (χ0) is 13.9. The van der Waals surface area contributed by atoms with Gasteiger partial charge in [0.25, 0.3) is 0 Å². The van der Waals surface area contributed by atoms with Gasteiger partial charge in [0, 0.05) is 11.6 Å². The highest BCUT2D eigenvalue weighted by Crippen LogP contribution is 2.24. The molecule has 18 heavy (non-hydrogen) atoms. The predicted molar refractivity (Wildman–Crippen MR) is 67.4 cm³/mol. The van der Waals surface area contributed by atoms with Gasteiger partial charge in [-0.3, -0.25) is 0 Å². The zero-order valence-corrected chi connectivity index (χ0v) is 11.6. The Morgan fingerprint density at radius 1 is 1.50 bits per heavy atom. The number of sulfonamides is 1. The average molecular weight is 296 g/mol. The molecule has 0 spiro atoms. The van der Waals surface area contributed by atoms with Crippen molar-refractivity contribution < 1.29 is 17.9 Å². The van der Waals surface area contributed by atoms with Crippen molar-refractivity contribution in [1.82, 2.24) is 4.72 Å². The second-order valence-electron chi connectivity index (χ2n) is 3.97. The first-order valence-corrected chi connectivity index (χ1v) is 7.29. The maximum Gasteiger partial charge on any atom is 0.240 e. The molecule has 1 rings (SSSR count). The number of aliphatic hydroxyl groups excluding tert-OH is 1. The van der Waals surface area contributed by atoms with Crippen molar-refractivity contribution in [1.29, 1.82) is 0 Å². The van der Waals surface area contributed by atoms with Gasteiger partial charge in [-0.15, -0.1) is 0 Å². The minimum Gasteiger partial charge on any atom is -0.392 e. The topological polar surface area (TPSA) is 66.4 Å². The summed E-state index contributed by atoms with van der Waals surface area (Å²) in [7, 11) is -3.80. The van der Waals surface area contributed by atoms with E-state index >= 15 is 0 Å². The van der Waals surface area contributed by atoms with Crippen LogP contribution >= 0.6 is 11.6 Å². The molecule has 0 aromatic heterocycles. The third-order valence-electron chi connectivity index (χ3n) is 2.53. The number of halogens is 2. The lowest BCUT2D eigenvalue weighted by Gasteiger charge is -2.13. The standard InChI is InChI=1S/C11H15ClFNO3S/c1-3-7(2)14-18(16,17)9-4-8(6-15)11(12)10(13)5-9/h4-5,7,14-15H,3,6H2,1-2H3. The fraction of sp³-hybridized carbons (Fsp3) is 0.455. The summed E-state index contributed by atoms with van der Waals surface area (Å²) in [4.78, 5) is -0.242. The van der Waals surface area contributed by atoms with Crippen LogP contribution in [-0.2, 0) is 16.6 Å². The molecule has 0 aliphatic rings. The first-order chi connectivity index (χ1) is 8.31. The van der Waals surface area contributed by atoms with E-state index in [4.69, 9.17) is 16.7 Å². The van der Waals surface area contributed by atoms with Crippen molar-refractivity contribution in [3.8, 4) is 0 Å². The Balaban J connectivity index is 3.21. The Bertz CT molecular complexity index is 533. The summed E-state index contributed by atoms with van der Waals surface area (Å²) in [6.07, 6.45) is 0.613. The lowest BCUT2D eigenvalue weighted by molar-refractivity contribution is 0.281. The fourth-order valence-electron chi connectivity index (χ4n) is 1.30. The second kappa shape index (κ2) is 5.97. The van der Waals surface area contributed by atoms with Gasteiger partial charge in [-0.05, 0) is 25.5 Å². The molecular formula is C11H15ClFNO3S. The molecule has 1 aromatic rings. The third kappa shape index (κ3) is 3.41. The smallest absolute Gasteiger partial charge is 0.240 e. The summed E-state index contributed by atoms with van der Waals surface area (Å²) < 4.78 is 39.7. The van der Waals surface area contributed by atoms with Crippen LogP contribution in [0.4, 0.5) is 4.39 Å². The number of rotatable bonds is 5. The van der Waals surface area contributed by atoms with Crippen LogP contribution in [0.3, 0.4) is 0 Å². The van der Waals surface area contributed by atoms with Gasteiger partial charge in [0.1, 0.15) is 5.82 Å². The van der Waals surface area contributed by atoms with E-state index in [9.17, 15) is 12.8 Å². The van der Waals surface area contributed by atoms with Gasteiger partial charge in [0.15, 0.2) is 0 Å². The molecule has 0 heterocycles. The normalized spacial score (nSPS) is 13.6. The number of nitrogens with one attached hydrogen (secondary N) is 1. The van der Waals surface area contributed by atoms with Crippen LogP contribution in [0, 0.1) is 5.82 Å². The third-order valence-corrected chi connectivity index (χ3v) is 4.52. The molecule has 1 atom stereocenters. The van der Waals surface area contributed by atoms with Gasteiger partial charge < -0.3 is 5.11 Å². The second-order valence-corrected chi connectivity index (χ2v) is 6.06. The SMILES string of the molecule is CCC(C)NS(=O)(=O)c1cc(F)c(Cl)c(CO)c1. The zero-order valence-electron chi connectivity index (χ0n) is 10.1. The maximum atomic E-state index is 13.4. The molecular weight excluding hydrogens is 281 g/mol. The highest BCUT2D eigenvalue weighted by atomic mass is 35.5. The average Bonchev–Trinajstić information content (AvgIpc) is 2.31. The quantitative estimate of drug-likeness (QED) is 0.874. The molecule has 1 aromatic carbocycles. The highest BCUT2D eigenvalue weighted by molar-refractivity contribution is 7.89. The molecule has 0 saturated carbocycles. The largest absolute Gasteiger partial charge is 0.392 e. The van der Waals surface area contributed by atoms with E-state index in [1.165, 1.54) is 0 Å². The van der Waals surface area contributed by atoms with E-state index in [0.29, 0.717) is 6.42 Å². The summed E-state index contributed by atoms with van der Waals surface area (Å²) in [6.45, 7) is 3.01. The number of hydrogen-bond donors (Lipinski definition) is 2. The first-order valence-electron chi connectivity index (χ1n) is 5.43. The Labute approximate surface area is 111 Å². The summed E-state index contributed by atoms with van der Waals surface area (Å²) in [5.74, 6) is -0.868. The van der Waals surface area contributed by atoms with Gasteiger partial charge in [0.05, 0.1) is 16.5 Å². The Kier molecular flexibility index (Phi) is 5.10. The molecule has 0 amide bonds. The Morgan fingerprint density at radius 3 is 2.61 bits per heavy atom. The van der Waals surface area contributed by atoms with E-state index in [1.807, 2.05) is 6.92 Å². The van der Waals surface area contributed by atoms with E-state index in [1.54, 1.807) is 6.92 Å². The number of hydrogen-bond acceptors (Lipinski definition) is 3. The summed E-state index contributed by atoms with van der Waals surface area (Å²) in [5.41, 5.74) is 0.0428. The molecule has 1 unspecified atom stereocenters. The van der Waals surface area contributed by atoms with E-state index in [0.717, 1.165) is 12.1 Å². The van der Waals surface area contributed by atoms with Gasteiger partial charge in [-0.2, -0.15) is 0 Å². The van der Waals surface area contributed by atoms with E-state index in [2.05, 4.69) is 4.72 Å². The predicted octanol–water partition coefficient (Wildman–Crippen LogP) is 2.05. The van der Waals surface area contributed by atoms with Crippen LogP contribution in [0.2, 0.25) is 5.02 Å². The van der Waals surface area contributed by atoms with Crippen molar-refractivity contribution in [2.45, 2.75) is 37.8 Å². The van der Waals surface area contributed by atoms with Crippen LogP contribution in [0.15, 0.2) is 17.0 Å². The summed E-state index contributed by atoms with van der Waals surface area (Å²) in [6, 6.07) is 1.74. The molecule has 2 N–H and O–H groups in total.